The number of rotatable bonds is 5. The molecule has 1 aromatic rings. The van der Waals surface area contributed by atoms with Crippen LogP contribution in [0.25, 0.3) is 0 Å². The molecule has 0 aliphatic carbocycles. The molecule has 0 radical (unpaired) electrons. The van der Waals surface area contributed by atoms with Crippen molar-refractivity contribution in [3.63, 3.8) is 0 Å². The maximum atomic E-state index is 13.5. The molecule has 0 spiro atoms. The monoisotopic (exact) mass is 247 g/mol. The number of nitrogens with one attached hydrogen (secondary N) is 1. The van der Waals surface area contributed by atoms with Gasteiger partial charge in [0.2, 0.25) is 0 Å². The first kappa shape index (κ1) is 14.0. The van der Waals surface area contributed by atoms with Gasteiger partial charge in [0, 0.05) is 17.7 Å². The van der Waals surface area contributed by atoms with E-state index in [9.17, 15) is 13.2 Å². The van der Waals surface area contributed by atoms with Crippen molar-refractivity contribution in [2.45, 2.75) is 32.4 Å². The molecule has 0 aliphatic rings. The summed E-state index contributed by atoms with van der Waals surface area (Å²) in [5.74, 6) is -3.21. The van der Waals surface area contributed by atoms with Crippen LogP contribution in [0.3, 0.4) is 0 Å². The summed E-state index contributed by atoms with van der Waals surface area (Å²) in [6.07, 6.45) is 0.780. The van der Waals surface area contributed by atoms with E-state index in [1.807, 2.05) is 13.8 Å². The fourth-order valence-electron chi connectivity index (χ4n) is 1.51. The molecule has 0 saturated heterocycles. The summed E-state index contributed by atoms with van der Waals surface area (Å²) in [6, 6.07) is 0.576. The zero-order valence-corrected chi connectivity index (χ0v) is 9.80. The SMILES string of the molecule is CCC(C)NC(CO)c1cc(F)c(F)cc1F. The molecular formula is C12H16F3NO. The zero-order valence-electron chi connectivity index (χ0n) is 9.80. The predicted molar refractivity (Wildman–Crippen MR) is 59.0 cm³/mol. The fraction of sp³-hybridized carbons (Fsp3) is 0.500. The van der Waals surface area contributed by atoms with Crippen LogP contribution >= 0.6 is 0 Å². The summed E-state index contributed by atoms with van der Waals surface area (Å²) in [6.45, 7) is 3.40. The van der Waals surface area contributed by atoms with Gasteiger partial charge in [-0.3, -0.25) is 0 Å². The van der Waals surface area contributed by atoms with E-state index in [0.29, 0.717) is 6.07 Å². The highest BCUT2D eigenvalue weighted by Gasteiger charge is 2.19. The van der Waals surface area contributed by atoms with Gasteiger partial charge in [-0.25, -0.2) is 13.2 Å². The minimum absolute atomic E-state index is 0.0414. The lowest BCUT2D eigenvalue weighted by Crippen LogP contribution is -2.32. The Balaban J connectivity index is 2.99. The van der Waals surface area contributed by atoms with Gasteiger partial charge < -0.3 is 10.4 Å². The van der Waals surface area contributed by atoms with Gasteiger partial charge in [0.15, 0.2) is 11.6 Å². The first-order valence-corrected chi connectivity index (χ1v) is 5.50. The highest BCUT2D eigenvalue weighted by atomic mass is 19.2. The molecule has 1 aromatic carbocycles. The molecule has 96 valence electrons. The number of aliphatic hydroxyl groups is 1. The molecule has 0 saturated carbocycles. The molecular weight excluding hydrogens is 231 g/mol. The Labute approximate surface area is 98.5 Å². The van der Waals surface area contributed by atoms with E-state index in [1.54, 1.807) is 0 Å². The van der Waals surface area contributed by atoms with E-state index in [4.69, 9.17) is 5.11 Å². The van der Waals surface area contributed by atoms with Gasteiger partial charge >= 0.3 is 0 Å². The largest absolute Gasteiger partial charge is 0.394 e. The number of hydrogen-bond acceptors (Lipinski definition) is 2. The molecule has 1 rings (SSSR count). The standard InChI is InChI=1S/C12H16F3NO/c1-3-7(2)16-12(6-17)8-4-10(14)11(15)5-9(8)13/h4-5,7,12,16-17H,3,6H2,1-2H3. The van der Waals surface area contributed by atoms with Crippen molar-refractivity contribution < 1.29 is 18.3 Å². The zero-order chi connectivity index (χ0) is 13.0. The first-order valence-electron chi connectivity index (χ1n) is 5.50. The summed E-state index contributed by atoms with van der Waals surface area (Å²) in [4.78, 5) is 0. The predicted octanol–water partition coefficient (Wildman–Crippen LogP) is 2.53. The molecule has 0 fully saturated rings. The Morgan fingerprint density at radius 2 is 1.76 bits per heavy atom. The quantitative estimate of drug-likeness (QED) is 0.784. The van der Waals surface area contributed by atoms with Crippen LogP contribution in [0.1, 0.15) is 31.9 Å². The molecule has 2 atom stereocenters. The van der Waals surface area contributed by atoms with Crippen molar-refractivity contribution >= 4 is 0 Å². The van der Waals surface area contributed by atoms with Crippen LogP contribution in [0.4, 0.5) is 13.2 Å². The van der Waals surface area contributed by atoms with Crippen LogP contribution in [0.15, 0.2) is 12.1 Å². The Hall–Kier alpha value is -1.07. The van der Waals surface area contributed by atoms with E-state index >= 15 is 0 Å². The Bertz CT molecular complexity index is 384. The van der Waals surface area contributed by atoms with Crippen LogP contribution in [0, 0.1) is 17.5 Å². The number of aliphatic hydroxyl groups excluding tert-OH is 1. The molecule has 0 heterocycles. The summed E-state index contributed by atoms with van der Waals surface area (Å²) in [5.41, 5.74) is -0.0632. The molecule has 0 amide bonds. The van der Waals surface area contributed by atoms with E-state index in [0.717, 1.165) is 12.5 Å². The van der Waals surface area contributed by atoms with Crippen LogP contribution < -0.4 is 5.32 Å². The molecule has 2 N–H and O–H groups in total. The third kappa shape index (κ3) is 3.44. The van der Waals surface area contributed by atoms with Crippen LogP contribution in [-0.4, -0.2) is 17.8 Å². The van der Waals surface area contributed by atoms with E-state index < -0.39 is 23.5 Å². The molecule has 0 aromatic heterocycles. The van der Waals surface area contributed by atoms with Crippen molar-refractivity contribution in [1.29, 1.82) is 0 Å². The van der Waals surface area contributed by atoms with Crippen molar-refractivity contribution in [2.75, 3.05) is 6.61 Å². The number of hydrogen-bond donors (Lipinski definition) is 2. The molecule has 17 heavy (non-hydrogen) atoms. The lowest BCUT2D eigenvalue weighted by Gasteiger charge is -2.21. The summed E-state index contributed by atoms with van der Waals surface area (Å²) in [5, 5.41) is 12.1. The van der Waals surface area contributed by atoms with Gasteiger partial charge in [-0.2, -0.15) is 0 Å². The minimum Gasteiger partial charge on any atom is -0.394 e. The third-order valence-electron chi connectivity index (χ3n) is 2.70. The number of benzene rings is 1. The van der Waals surface area contributed by atoms with Gasteiger partial charge in [-0.1, -0.05) is 6.92 Å². The maximum absolute atomic E-state index is 13.5. The molecule has 0 aliphatic heterocycles. The Kier molecular flexibility index (Phi) is 4.96. The second-order valence-electron chi connectivity index (χ2n) is 4.00. The minimum atomic E-state index is -1.23. The topological polar surface area (TPSA) is 32.3 Å². The van der Waals surface area contributed by atoms with Gasteiger partial charge in [0.1, 0.15) is 5.82 Å². The first-order chi connectivity index (χ1) is 7.99. The van der Waals surface area contributed by atoms with Crippen molar-refractivity contribution in [3.8, 4) is 0 Å². The van der Waals surface area contributed by atoms with Crippen molar-refractivity contribution in [1.82, 2.24) is 5.32 Å². The second-order valence-corrected chi connectivity index (χ2v) is 4.00. The lowest BCUT2D eigenvalue weighted by molar-refractivity contribution is 0.230. The van der Waals surface area contributed by atoms with Crippen LogP contribution in [0.5, 0.6) is 0 Å². The van der Waals surface area contributed by atoms with Gasteiger partial charge in [-0.15, -0.1) is 0 Å². The third-order valence-corrected chi connectivity index (χ3v) is 2.70. The molecule has 2 nitrogen and oxygen atoms in total. The molecule has 2 unspecified atom stereocenters. The van der Waals surface area contributed by atoms with Gasteiger partial charge in [0.25, 0.3) is 0 Å². The van der Waals surface area contributed by atoms with Crippen molar-refractivity contribution in [2.24, 2.45) is 0 Å². The summed E-state index contributed by atoms with van der Waals surface area (Å²) >= 11 is 0. The average Bonchev–Trinajstić information content (AvgIpc) is 2.30. The smallest absolute Gasteiger partial charge is 0.161 e. The number of halogens is 3. The Morgan fingerprint density at radius 1 is 1.18 bits per heavy atom. The maximum Gasteiger partial charge on any atom is 0.161 e. The van der Waals surface area contributed by atoms with E-state index in [1.165, 1.54) is 0 Å². The molecule has 5 heteroatoms. The summed E-state index contributed by atoms with van der Waals surface area (Å²) in [7, 11) is 0. The van der Waals surface area contributed by atoms with Crippen molar-refractivity contribution in [3.05, 3.63) is 35.1 Å². The van der Waals surface area contributed by atoms with Crippen LogP contribution in [-0.2, 0) is 0 Å². The Morgan fingerprint density at radius 3 is 2.29 bits per heavy atom. The van der Waals surface area contributed by atoms with Gasteiger partial charge in [-0.05, 0) is 19.4 Å². The molecule has 0 bridgehead atoms. The van der Waals surface area contributed by atoms with E-state index in [2.05, 4.69) is 5.32 Å². The fourth-order valence-corrected chi connectivity index (χ4v) is 1.51. The average molecular weight is 247 g/mol. The lowest BCUT2D eigenvalue weighted by atomic mass is 10.0. The second kappa shape index (κ2) is 6.02. The highest BCUT2D eigenvalue weighted by molar-refractivity contribution is 5.23. The summed E-state index contributed by atoms with van der Waals surface area (Å²) < 4.78 is 39.2. The van der Waals surface area contributed by atoms with E-state index in [-0.39, 0.29) is 18.2 Å². The highest BCUT2D eigenvalue weighted by Crippen LogP contribution is 2.21. The van der Waals surface area contributed by atoms with Crippen LogP contribution in [0.2, 0.25) is 0 Å². The van der Waals surface area contributed by atoms with Gasteiger partial charge in [0.05, 0.1) is 12.6 Å². The normalized spacial score (nSPS) is 14.7.